The number of fused-ring (bicyclic) bond motifs is 1. The van der Waals surface area contributed by atoms with Crippen molar-refractivity contribution in [3.8, 4) is 0 Å². The van der Waals surface area contributed by atoms with E-state index in [0.717, 1.165) is 23.8 Å². The zero-order valence-corrected chi connectivity index (χ0v) is 12.1. The van der Waals surface area contributed by atoms with Gasteiger partial charge in [-0.1, -0.05) is 0 Å². The minimum Gasteiger partial charge on any atom is -0.369 e. The highest BCUT2D eigenvalue weighted by atomic mass is 32.1. The van der Waals surface area contributed by atoms with Crippen LogP contribution in [0.2, 0.25) is 0 Å². The maximum atomic E-state index is 4.35. The number of hydrogen-bond donors (Lipinski definition) is 1. The van der Waals surface area contributed by atoms with E-state index in [9.17, 15) is 0 Å². The number of likely N-dealkylation sites (tertiary alicyclic amines) is 1. The third-order valence-corrected chi connectivity index (χ3v) is 4.84. The standard InChI is InChI=1S/C14H20N4S/c1-18-7-3-11(4-8-18)2-6-15-14-13-12(5-9-19-13)16-10-17-14/h5,9-11H,2-4,6-8H2,1H3,(H,15,16,17). The third-order valence-electron chi connectivity index (χ3n) is 3.93. The highest BCUT2D eigenvalue weighted by Gasteiger charge is 2.16. The molecule has 0 radical (unpaired) electrons. The normalized spacial score (nSPS) is 17.9. The summed E-state index contributed by atoms with van der Waals surface area (Å²) in [5, 5.41) is 5.55. The molecule has 1 aliphatic rings. The molecule has 1 aliphatic heterocycles. The Morgan fingerprint density at radius 2 is 2.21 bits per heavy atom. The highest BCUT2D eigenvalue weighted by Crippen LogP contribution is 2.25. The number of nitrogens with one attached hydrogen (secondary N) is 1. The summed E-state index contributed by atoms with van der Waals surface area (Å²) in [6.07, 6.45) is 5.55. The molecule has 3 rings (SSSR count). The van der Waals surface area contributed by atoms with Crippen LogP contribution in [-0.4, -0.2) is 41.5 Å². The number of anilines is 1. The zero-order chi connectivity index (χ0) is 13.1. The molecule has 102 valence electrons. The van der Waals surface area contributed by atoms with Gasteiger partial charge in [0, 0.05) is 6.54 Å². The number of piperidine rings is 1. The first-order valence-corrected chi connectivity index (χ1v) is 7.81. The van der Waals surface area contributed by atoms with Crippen LogP contribution in [0.5, 0.6) is 0 Å². The maximum Gasteiger partial charge on any atom is 0.147 e. The lowest BCUT2D eigenvalue weighted by atomic mass is 9.94. The molecular formula is C14H20N4S. The van der Waals surface area contributed by atoms with Crippen LogP contribution in [0.4, 0.5) is 5.82 Å². The van der Waals surface area contributed by atoms with Crippen molar-refractivity contribution in [2.75, 3.05) is 32.0 Å². The predicted molar refractivity (Wildman–Crippen MR) is 80.7 cm³/mol. The van der Waals surface area contributed by atoms with Crippen molar-refractivity contribution >= 4 is 27.4 Å². The summed E-state index contributed by atoms with van der Waals surface area (Å²) in [6.45, 7) is 3.50. The van der Waals surface area contributed by atoms with Gasteiger partial charge in [-0.2, -0.15) is 0 Å². The van der Waals surface area contributed by atoms with E-state index in [1.807, 2.05) is 6.07 Å². The quantitative estimate of drug-likeness (QED) is 0.932. The van der Waals surface area contributed by atoms with Crippen LogP contribution < -0.4 is 5.32 Å². The lowest BCUT2D eigenvalue weighted by Crippen LogP contribution is -2.30. The first-order valence-electron chi connectivity index (χ1n) is 6.93. The molecule has 0 aromatic carbocycles. The number of nitrogens with zero attached hydrogens (tertiary/aromatic N) is 3. The van der Waals surface area contributed by atoms with E-state index in [1.54, 1.807) is 17.7 Å². The van der Waals surface area contributed by atoms with E-state index in [4.69, 9.17) is 0 Å². The minimum atomic E-state index is 0.865. The van der Waals surface area contributed by atoms with E-state index in [-0.39, 0.29) is 0 Å². The molecule has 0 spiro atoms. The Morgan fingerprint density at radius 1 is 1.37 bits per heavy atom. The number of thiophene rings is 1. The van der Waals surface area contributed by atoms with Crippen molar-refractivity contribution in [2.45, 2.75) is 19.3 Å². The molecule has 1 saturated heterocycles. The molecule has 3 heterocycles. The van der Waals surface area contributed by atoms with Crippen LogP contribution in [0.3, 0.4) is 0 Å². The van der Waals surface area contributed by atoms with Crippen molar-refractivity contribution in [3.05, 3.63) is 17.8 Å². The molecule has 5 heteroatoms. The smallest absolute Gasteiger partial charge is 0.147 e. The SMILES string of the molecule is CN1CCC(CCNc2ncnc3ccsc23)CC1. The summed E-state index contributed by atoms with van der Waals surface area (Å²) in [5.74, 6) is 1.86. The Morgan fingerprint density at radius 3 is 3.05 bits per heavy atom. The van der Waals surface area contributed by atoms with E-state index in [0.29, 0.717) is 0 Å². The van der Waals surface area contributed by atoms with Crippen molar-refractivity contribution in [3.63, 3.8) is 0 Å². The molecular weight excluding hydrogens is 256 g/mol. The molecule has 2 aromatic heterocycles. The molecule has 0 saturated carbocycles. The van der Waals surface area contributed by atoms with Crippen molar-refractivity contribution in [1.82, 2.24) is 14.9 Å². The van der Waals surface area contributed by atoms with Crippen LogP contribution in [-0.2, 0) is 0 Å². The minimum absolute atomic E-state index is 0.865. The maximum absolute atomic E-state index is 4.35. The van der Waals surface area contributed by atoms with Crippen LogP contribution in [0.1, 0.15) is 19.3 Å². The van der Waals surface area contributed by atoms with Crippen molar-refractivity contribution in [2.24, 2.45) is 5.92 Å². The van der Waals surface area contributed by atoms with Gasteiger partial charge in [0.25, 0.3) is 0 Å². The second kappa shape index (κ2) is 5.84. The van der Waals surface area contributed by atoms with Gasteiger partial charge in [-0.15, -0.1) is 11.3 Å². The molecule has 1 N–H and O–H groups in total. The van der Waals surface area contributed by atoms with Crippen molar-refractivity contribution < 1.29 is 0 Å². The fourth-order valence-corrected chi connectivity index (χ4v) is 3.47. The summed E-state index contributed by atoms with van der Waals surface area (Å²) in [5.41, 5.74) is 1.04. The lowest BCUT2D eigenvalue weighted by Gasteiger charge is -2.28. The first kappa shape index (κ1) is 12.8. The van der Waals surface area contributed by atoms with Gasteiger partial charge < -0.3 is 10.2 Å². The second-order valence-corrected chi connectivity index (χ2v) is 6.24. The Kier molecular flexibility index (Phi) is 3.94. The van der Waals surface area contributed by atoms with Crippen LogP contribution in [0.15, 0.2) is 17.8 Å². The fourth-order valence-electron chi connectivity index (χ4n) is 2.66. The zero-order valence-electron chi connectivity index (χ0n) is 11.3. The molecule has 2 aromatic rings. The van der Waals surface area contributed by atoms with Gasteiger partial charge in [0.05, 0.1) is 10.2 Å². The number of hydrogen-bond acceptors (Lipinski definition) is 5. The van der Waals surface area contributed by atoms with Gasteiger partial charge in [-0.25, -0.2) is 9.97 Å². The average Bonchev–Trinajstić information content (AvgIpc) is 2.90. The monoisotopic (exact) mass is 276 g/mol. The van der Waals surface area contributed by atoms with Gasteiger partial charge in [0.15, 0.2) is 0 Å². The van der Waals surface area contributed by atoms with E-state index in [1.165, 1.54) is 37.1 Å². The molecule has 1 fully saturated rings. The molecule has 19 heavy (non-hydrogen) atoms. The van der Waals surface area contributed by atoms with Crippen molar-refractivity contribution in [1.29, 1.82) is 0 Å². The van der Waals surface area contributed by atoms with Gasteiger partial charge >= 0.3 is 0 Å². The predicted octanol–water partition coefficient (Wildman–Crippen LogP) is 2.84. The third kappa shape index (κ3) is 3.04. The number of rotatable bonds is 4. The van der Waals surface area contributed by atoms with Gasteiger partial charge in [0.1, 0.15) is 12.1 Å². The second-order valence-electron chi connectivity index (χ2n) is 5.32. The van der Waals surface area contributed by atoms with Crippen LogP contribution in [0.25, 0.3) is 10.2 Å². The highest BCUT2D eigenvalue weighted by molar-refractivity contribution is 7.17. The number of aromatic nitrogens is 2. The van der Waals surface area contributed by atoms with E-state index >= 15 is 0 Å². The Labute approximate surface area is 117 Å². The Hall–Kier alpha value is -1.20. The Balaban J connectivity index is 1.53. The molecule has 0 aliphatic carbocycles. The largest absolute Gasteiger partial charge is 0.369 e. The lowest BCUT2D eigenvalue weighted by molar-refractivity contribution is 0.215. The summed E-state index contributed by atoms with van der Waals surface area (Å²) >= 11 is 1.71. The fraction of sp³-hybridized carbons (Fsp3) is 0.571. The van der Waals surface area contributed by atoms with E-state index < -0.39 is 0 Å². The Bertz CT molecular complexity index is 531. The topological polar surface area (TPSA) is 41.0 Å². The summed E-state index contributed by atoms with van der Waals surface area (Å²) in [4.78, 5) is 11.0. The van der Waals surface area contributed by atoms with Gasteiger partial charge in [-0.05, 0) is 56.8 Å². The molecule has 0 amide bonds. The van der Waals surface area contributed by atoms with Crippen LogP contribution >= 0.6 is 11.3 Å². The molecule has 0 bridgehead atoms. The summed E-state index contributed by atoms with van der Waals surface area (Å²) in [7, 11) is 2.21. The molecule has 0 unspecified atom stereocenters. The molecule has 4 nitrogen and oxygen atoms in total. The first-order chi connectivity index (χ1) is 9.33. The van der Waals surface area contributed by atoms with Gasteiger partial charge in [-0.3, -0.25) is 0 Å². The summed E-state index contributed by atoms with van der Waals surface area (Å²) in [6, 6.07) is 2.05. The average molecular weight is 276 g/mol. The van der Waals surface area contributed by atoms with Crippen LogP contribution in [0, 0.1) is 5.92 Å². The van der Waals surface area contributed by atoms with E-state index in [2.05, 4.69) is 32.6 Å². The summed E-state index contributed by atoms with van der Waals surface area (Å²) < 4.78 is 1.17. The van der Waals surface area contributed by atoms with Gasteiger partial charge in [0.2, 0.25) is 0 Å². The molecule has 0 atom stereocenters.